The van der Waals surface area contributed by atoms with Gasteiger partial charge in [-0.15, -0.1) is 13.2 Å². The number of aliphatic hydroxyl groups is 1. The Labute approximate surface area is 227 Å². The minimum Gasteiger partial charge on any atom is -0.405 e. The van der Waals surface area contributed by atoms with Crippen LogP contribution in [0, 0.1) is 11.3 Å². The lowest BCUT2D eigenvalue weighted by Crippen LogP contribution is -2.18. The summed E-state index contributed by atoms with van der Waals surface area (Å²) in [5.41, 5.74) is 4.07. The Bertz CT molecular complexity index is 1750. The normalized spacial score (nSPS) is 14.3. The minimum absolute atomic E-state index is 0.0507. The summed E-state index contributed by atoms with van der Waals surface area (Å²) in [4.78, 5) is 4.87. The van der Waals surface area contributed by atoms with E-state index in [-0.39, 0.29) is 23.6 Å². The Kier molecular flexibility index (Phi) is 6.31. The van der Waals surface area contributed by atoms with Crippen molar-refractivity contribution in [1.82, 2.24) is 19.3 Å². The van der Waals surface area contributed by atoms with Gasteiger partial charge in [0.25, 0.3) is 0 Å². The van der Waals surface area contributed by atoms with E-state index < -0.39 is 18.2 Å². The van der Waals surface area contributed by atoms with Crippen molar-refractivity contribution in [2.24, 2.45) is 7.05 Å². The standard InChI is InChI=1S/C30H24F3N5O2/c1-37-28(20-11-12-20)27(35-29(37)22-13-10-18(15-34)14-26(22)40-30(31,32)33)21-8-5-9-24-23(21)16-38(36-24)17-25(39)19-6-3-2-4-7-19/h2-10,13-14,16,20,25,39H,11-12,17H2,1H3/t25-/m0/s1. The van der Waals surface area contributed by atoms with Crippen LogP contribution in [0.3, 0.4) is 0 Å². The lowest BCUT2D eigenvalue weighted by molar-refractivity contribution is -0.274. The molecule has 0 bridgehead atoms. The summed E-state index contributed by atoms with van der Waals surface area (Å²) in [6.07, 6.45) is -1.92. The summed E-state index contributed by atoms with van der Waals surface area (Å²) in [6, 6.07) is 20.8. The van der Waals surface area contributed by atoms with Gasteiger partial charge in [-0.25, -0.2) is 4.98 Å². The van der Waals surface area contributed by atoms with Crippen molar-refractivity contribution in [2.75, 3.05) is 0 Å². The topological polar surface area (TPSA) is 88.9 Å². The molecule has 0 saturated heterocycles. The van der Waals surface area contributed by atoms with Crippen molar-refractivity contribution in [3.8, 4) is 34.5 Å². The number of benzene rings is 3. The molecule has 1 aliphatic rings. The number of nitrogens with zero attached hydrogens (tertiary/aromatic N) is 5. The highest BCUT2D eigenvalue weighted by Gasteiger charge is 2.35. The Hall–Kier alpha value is -4.62. The SMILES string of the molecule is Cn1c(-c2ccc(C#N)cc2OC(F)(F)F)nc(-c2cccc3nn(C[C@H](O)c4ccccc4)cc23)c1C1CC1. The van der Waals surface area contributed by atoms with Crippen molar-refractivity contribution in [3.05, 3.63) is 89.7 Å². The summed E-state index contributed by atoms with van der Waals surface area (Å²) >= 11 is 0. The summed E-state index contributed by atoms with van der Waals surface area (Å²) < 4.78 is 47.7. The molecular formula is C30H24F3N5O2. The number of imidazole rings is 1. The summed E-state index contributed by atoms with van der Waals surface area (Å²) in [6.45, 7) is 0.254. The predicted molar refractivity (Wildman–Crippen MR) is 142 cm³/mol. The first-order valence-corrected chi connectivity index (χ1v) is 12.8. The lowest BCUT2D eigenvalue weighted by atomic mass is 10.0. The van der Waals surface area contributed by atoms with Crippen LogP contribution in [0.1, 0.15) is 41.7 Å². The van der Waals surface area contributed by atoms with E-state index in [4.69, 9.17) is 4.98 Å². The van der Waals surface area contributed by atoms with Gasteiger partial charge in [-0.05, 0) is 42.7 Å². The third kappa shape index (κ3) is 4.92. The third-order valence-corrected chi connectivity index (χ3v) is 7.08. The van der Waals surface area contributed by atoms with E-state index in [2.05, 4.69) is 9.84 Å². The van der Waals surface area contributed by atoms with Crippen LogP contribution in [0.5, 0.6) is 5.75 Å². The van der Waals surface area contributed by atoms with Crippen LogP contribution in [-0.4, -0.2) is 30.8 Å². The van der Waals surface area contributed by atoms with Gasteiger partial charge in [0.1, 0.15) is 11.6 Å². The van der Waals surface area contributed by atoms with E-state index >= 15 is 0 Å². The second-order valence-electron chi connectivity index (χ2n) is 9.89. The minimum atomic E-state index is -4.93. The highest BCUT2D eigenvalue weighted by molar-refractivity contribution is 5.94. The molecule has 1 saturated carbocycles. The van der Waals surface area contributed by atoms with Gasteiger partial charge in [0.05, 0.1) is 41.1 Å². The zero-order valence-electron chi connectivity index (χ0n) is 21.4. The molecule has 0 spiro atoms. The molecule has 6 rings (SSSR count). The van der Waals surface area contributed by atoms with E-state index in [0.29, 0.717) is 17.0 Å². The number of ether oxygens (including phenoxy) is 1. The van der Waals surface area contributed by atoms with Crippen molar-refractivity contribution < 1.29 is 23.0 Å². The molecule has 7 nitrogen and oxygen atoms in total. The number of nitriles is 1. The van der Waals surface area contributed by atoms with Gasteiger partial charge in [-0.3, -0.25) is 4.68 Å². The zero-order chi connectivity index (χ0) is 28.0. The van der Waals surface area contributed by atoms with Crippen molar-refractivity contribution in [1.29, 1.82) is 5.26 Å². The van der Waals surface area contributed by atoms with E-state index in [1.54, 1.807) is 11.7 Å². The van der Waals surface area contributed by atoms with E-state index in [0.717, 1.165) is 41.1 Å². The first-order valence-electron chi connectivity index (χ1n) is 12.8. The second-order valence-corrected chi connectivity index (χ2v) is 9.89. The highest BCUT2D eigenvalue weighted by atomic mass is 19.4. The van der Waals surface area contributed by atoms with Crippen LogP contribution in [0.15, 0.2) is 72.9 Å². The molecule has 0 amide bonds. The van der Waals surface area contributed by atoms with Crippen molar-refractivity contribution in [3.63, 3.8) is 0 Å². The van der Waals surface area contributed by atoms with Gasteiger partial charge in [0.15, 0.2) is 0 Å². The Morgan fingerprint density at radius 1 is 1.07 bits per heavy atom. The predicted octanol–water partition coefficient (Wildman–Crippen LogP) is 6.49. The number of aliphatic hydroxyl groups excluding tert-OH is 1. The van der Waals surface area contributed by atoms with Crippen molar-refractivity contribution in [2.45, 2.75) is 37.8 Å². The maximum Gasteiger partial charge on any atom is 0.573 e. The number of hydrogen-bond donors (Lipinski definition) is 1. The number of fused-ring (bicyclic) bond motifs is 1. The fourth-order valence-electron chi connectivity index (χ4n) is 5.11. The number of hydrogen-bond acceptors (Lipinski definition) is 5. The zero-order valence-corrected chi connectivity index (χ0v) is 21.4. The number of aromatic nitrogens is 4. The van der Waals surface area contributed by atoms with E-state index in [9.17, 15) is 23.5 Å². The molecule has 1 N–H and O–H groups in total. The summed E-state index contributed by atoms with van der Waals surface area (Å²) in [5.74, 6) is 0.0517. The Morgan fingerprint density at radius 3 is 2.55 bits per heavy atom. The average molecular weight is 544 g/mol. The molecule has 2 heterocycles. The highest BCUT2D eigenvalue weighted by Crippen LogP contribution is 2.47. The molecule has 40 heavy (non-hydrogen) atoms. The molecule has 10 heteroatoms. The first-order chi connectivity index (χ1) is 19.2. The molecule has 3 aromatic carbocycles. The van der Waals surface area contributed by atoms with Gasteiger partial charge in [0.2, 0.25) is 0 Å². The molecule has 2 aromatic heterocycles. The van der Waals surface area contributed by atoms with Crippen LogP contribution < -0.4 is 4.74 Å². The lowest BCUT2D eigenvalue weighted by Gasteiger charge is -2.14. The Balaban J connectivity index is 1.45. The second kappa shape index (κ2) is 9.84. The maximum atomic E-state index is 13.3. The van der Waals surface area contributed by atoms with Gasteiger partial charge in [-0.2, -0.15) is 10.4 Å². The van der Waals surface area contributed by atoms with Crippen LogP contribution in [0.2, 0.25) is 0 Å². The van der Waals surface area contributed by atoms with E-state index in [1.807, 2.05) is 65.4 Å². The van der Waals surface area contributed by atoms with E-state index in [1.165, 1.54) is 12.1 Å². The molecular weight excluding hydrogens is 519 g/mol. The molecule has 0 aliphatic heterocycles. The van der Waals surface area contributed by atoms with Gasteiger partial charge < -0.3 is 14.4 Å². The monoisotopic (exact) mass is 543 g/mol. The number of alkyl halides is 3. The van der Waals surface area contributed by atoms with Crippen LogP contribution in [-0.2, 0) is 13.6 Å². The molecule has 0 radical (unpaired) electrons. The molecule has 1 aliphatic carbocycles. The number of rotatable bonds is 7. The molecule has 1 atom stereocenters. The Morgan fingerprint density at radius 2 is 1.85 bits per heavy atom. The largest absolute Gasteiger partial charge is 0.573 e. The molecule has 5 aromatic rings. The number of halogens is 3. The van der Waals surface area contributed by atoms with Crippen LogP contribution in [0.4, 0.5) is 13.2 Å². The van der Waals surface area contributed by atoms with Gasteiger partial charge in [-0.1, -0.05) is 42.5 Å². The molecule has 0 unspecified atom stereocenters. The van der Waals surface area contributed by atoms with Crippen molar-refractivity contribution >= 4 is 10.9 Å². The smallest absolute Gasteiger partial charge is 0.405 e. The fraction of sp³-hybridized carbons (Fsp3) is 0.233. The van der Waals surface area contributed by atoms with Gasteiger partial charge in [0, 0.05) is 35.8 Å². The quantitative estimate of drug-likeness (QED) is 0.254. The van der Waals surface area contributed by atoms with Gasteiger partial charge >= 0.3 is 6.36 Å². The first kappa shape index (κ1) is 25.6. The van der Waals surface area contributed by atoms with Crippen LogP contribution in [0.25, 0.3) is 33.5 Å². The fourth-order valence-corrected chi connectivity index (χ4v) is 5.11. The van der Waals surface area contributed by atoms with Crippen LogP contribution >= 0.6 is 0 Å². The molecule has 1 fully saturated rings. The summed E-state index contributed by atoms with van der Waals surface area (Å²) in [5, 5.41) is 25.5. The third-order valence-electron chi connectivity index (χ3n) is 7.08. The average Bonchev–Trinajstić information content (AvgIpc) is 3.59. The molecule has 202 valence electrons. The maximum absolute atomic E-state index is 13.3. The summed E-state index contributed by atoms with van der Waals surface area (Å²) in [7, 11) is 1.79.